The van der Waals surface area contributed by atoms with Gasteiger partial charge >= 0.3 is 0 Å². The molecule has 1 aromatic heterocycles. The summed E-state index contributed by atoms with van der Waals surface area (Å²) in [5.41, 5.74) is 1.09. The Morgan fingerprint density at radius 2 is 2.26 bits per heavy atom. The molecule has 1 aliphatic heterocycles. The number of aromatic amines is 1. The molecule has 0 aliphatic carbocycles. The Labute approximate surface area is 111 Å². The monoisotopic (exact) mass is 260 g/mol. The molecular formula is C13H16N4O2. The molecule has 0 amide bonds. The fourth-order valence-corrected chi connectivity index (χ4v) is 2.06. The Bertz CT molecular complexity index is 542. The van der Waals surface area contributed by atoms with E-state index in [2.05, 4.69) is 20.5 Å². The predicted octanol–water partition coefficient (Wildman–Crippen LogP) is 1.43. The van der Waals surface area contributed by atoms with Crippen molar-refractivity contribution in [1.29, 1.82) is 0 Å². The maximum absolute atomic E-state index is 5.68. The summed E-state index contributed by atoms with van der Waals surface area (Å²) in [7, 11) is 0. The lowest BCUT2D eigenvalue weighted by Gasteiger charge is -2.21. The molecule has 1 aromatic carbocycles. The van der Waals surface area contributed by atoms with Crippen LogP contribution in [0.3, 0.4) is 0 Å². The average Bonchev–Trinajstić information content (AvgIpc) is 2.99. The third kappa shape index (κ3) is 2.53. The summed E-state index contributed by atoms with van der Waals surface area (Å²) in [5, 5.41) is 10.1. The number of H-pyrrole nitrogens is 1. The molecule has 2 heterocycles. The Kier molecular flexibility index (Phi) is 3.33. The van der Waals surface area contributed by atoms with Gasteiger partial charge in [0.25, 0.3) is 0 Å². The highest BCUT2D eigenvalue weighted by Gasteiger charge is 2.16. The number of aromatic nitrogens is 3. The van der Waals surface area contributed by atoms with Gasteiger partial charge < -0.3 is 14.8 Å². The zero-order chi connectivity index (χ0) is 13.1. The van der Waals surface area contributed by atoms with E-state index in [0.717, 1.165) is 22.9 Å². The summed E-state index contributed by atoms with van der Waals surface area (Å²) < 4.78 is 11.2. The first-order valence-electron chi connectivity index (χ1n) is 6.31. The van der Waals surface area contributed by atoms with Crippen LogP contribution in [-0.4, -0.2) is 28.4 Å². The van der Waals surface area contributed by atoms with Gasteiger partial charge in [-0.3, -0.25) is 5.10 Å². The van der Waals surface area contributed by atoms with E-state index in [1.54, 1.807) is 0 Å². The number of ether oxygens (including phenoxy) is 2. The van der Waals surface area contributed by atoms with Crippen molar-refractivity contribution >= 4 is 0 Å². The van der Waals surface area contributed by atoms with Crippen molar-refractivity contribution < 1.29 is 9.47 Å². The summed E-state index contributed by atoms with van der Waals surface area (Å²) in [4.78, 5) is 4.13. The smallest absolute Gasteiger partial charge is 0.165 e. The van der Waals surface area contributed by atoms with Crippen molar-refractivity contribution in [1.82, 2.24) is 20.5 Å². The molecule has 100 valence electrons. The molecule has 0 fully saturated rings. The topological polar surface area (TPSA) is 72.1 Å². The number of benzene rings is 1. The molecule has 19 heavy (non-hydrogen) atoms. The lowest BCUT2D eigenvalue weighted by atomic mass is 10.1. The first-order chi connectivity index (χ1) is 9.34. The summed E-state index contributed by atoms with van der Waals surface area (Å²) in [6, 6.07) is 6.04. The lowest BCUT2D eigenvalue weighted by molar-refractivity contribution is 0.169. The van der Waals surface area contributed by atoms with Crippen LogP contribution >= 0.6 is 0 Å². The molecule has 2 aromatic rings. The van der Waals surface area contributed by atoms with E-state index in [4.69, 9.17) is 9.47 Å². The first kappa shape index (κ1) is 12.0. The van der Waals surface area contributed by atoms with Crippen molar-refractivity contribution in [2.75, 3.05) is 13.2 Å². The molecule has 0 radical (unpaired) electrons. The summed E-state index contributed by atoms with van der Waals surface area (Å²) in [5.74, 6) is 2.48. The Balaban J connectivity index is 1.70. The molecule has 1 unspecified atom stereocenters. The van der Waals surface area contributed by atoms with Crippen molar-refractivity contribution in [2.45, 2.75) is 19.5 Å². The number of nitrogens with one attached hydrogen (secondary N) is 2. The maximum Gasteiger partial charge on any atom is 0.165 e. The standard InChI is InChI=1S/C13H16N4O2/c1-9(13-15-8-16-17-13)14-7-10-3-2-4-11-12(10)19-6-5-18-11/h2-4,8-9,14H,5-7H2,1H3,(H,15,16,17). The second-order valence-corrected chi connectivity index (χ2v) is 4.41. The third-order valence-corrected chi connectivity index (χ3v) is 3.09. The van der Waals surface area contributed by atoms with Crippen LogP contribution < -0.4 is 14.8 Å². The van der Waals surface area contributed by atoms with Crippen LogP contribution in [-0.2, 0) is 6.54 Å². The molecule has 1 aliphatic rings. The Hall–Kier alpha value is -2.08. The minimum atomic E-state index is 0.0999. The van der Waals surface area contributed by atoms with Gasteiger partial charge in [0.1, 0.15) is 25.4 Å². The minimum absolute atomic E-state index is 0.0999. The first-order valence-corrected chi connectivity index (χ1v) is 6.31. The number of fused-ring (bicyclic) bond motifs is 1. The zero-order valence-electron chi connectivity index (χ0n) is 10.7. The molecule has 2 N–H and O–H groups in total. The third-order valence-electron chi connectivity index (χ3n) is 3.09. The van der Waals surface area contributed by atoms with Crippen molar-refractivity contribution in [2.24, 2.45) is 0 Å². The van der Waals surface area contributed by atoms with Crippen LogP contribution in [0.25, 0.3) is 0 Å². The maximum atomic E-state index is 5.68. The summed E-state index contributed by atoms with van der Waals surface area (Å²) in [6.45, 7) is 3.93. The van der Waals surface area contributed by atoms with Crippen LogP contribution in [0.1, 0.15) is 24.4 Å². The molecule has 1 atom stereocenters. The van der Waals surface area contributed by atoms with Gasteiger partial charge in [-0.15, -0.1) is 0 Å². The van der Waals surface area contributed by atoms with Crippen LogP contribution in [0.2, 0.25) is 0 Å². The van der Waals surface area contributed by atoms with E-state index in [9.17, 15) is 0 Å². The van der Waals surface area contributed by atoms with E-state index in [0.29, 0.717) is 19.8 Å². The van der Waals surface area contributed by atoms with Gasteiger partial charge in [-0.1, -0.05) is 12.1 Å². The quantitative estimate of drug-likeness (QED) is 0.870. The number of hydrogen-bond acceptors (Lipinski definition) is 5. The van der Waals surface area contributed by atoms with E-state index >= 15 is 0 Å². The molecular weight excluding hydrogens is 244 g/mol. The van der Waals surface area contributed by atoms with Gasteiger partial charge in [0, 0.05) is 12.1 Å². The van der Waals surface area contributed by atoms with Gasteiger partial charge in [0.2, 0.25) is 0 Å². The normalized spacial score (nSPS) is 15.2. The van der Waals surface area contributed by atoms with Crippen molar-refractivity contribution in [3.8, 4) is 11.5 Å². The van der Waals surface area contributed by atoms with Gasteiger partial charge in [0.05, 0.1) is 6.04 Å². The second-order valence-electron chi connectivity index (χ2n) is 4.41. The number of rotatable bonds is 4. The van der Waals surface area contributed by atoms with Gasteiger partial charge in [-0.2, -0.15) is 5.10 Å². The molecule has 0 saturated heterocycles. The van der Waals surface area contributed by atoms with E-state index < -0.39 is 0 Å². The number of hydrogen-bond donors (Lipinski definition) is 2. The van der Waals surface area contributed by atoms with Gasteiger partial charge in [-0.25, -0.2) is 4.98 Å². The Morgan fingerprint density at radius 1 is 1.37 bits per heavy atom. The molecule has 0 bridgehead atoms. The minimum Gasteiger partial charge on any atom is -0.486 e. The summed E-state index contributed by atoms with van der Waals surface area (Å²) >= 11 is 0. The van der Waals surface area contributed by atoms with Crippen LogP contribution in [0, 0.1) is 0 Å². The van der Waals surface area contributed by atoms with E-state index in [1.807, 2.05) is 25.1 Å². The highest BCUT2D eigenvalue weighted by molar-refractivity contribution is 5.47. The number of nitrogens with zero attached hydrogens (tertiary/aromatic N) is 2. The predicted molar refractivity (Wildman–Crippen MR) is 69.1 cm³/mol. The zero-order valence-corrected chi connectivity index (χ0v) is 10.7. The fourth-order valence-electron chi connectivity index (χ4n) is 2.06. The highest BCUT2D eigenvalue weighted by atomic mass is 16.6. The van der Waals surface area contributed by atoms with Gasteiger partial charge in [-0.05, 0) is 13.0 Å². The molecule has 3 rings (SSSR count). The molecule has 0 spiro atoms. The summed E-state index contributed by atoms with van der Waals surface area (Å²) in [6.07, 6.45) is 1.51. The average molecular weight is 260 g/mol. The molecule has 6 heteroatoms. The highest BCUT2D eigenvalue weighted by Crippen LogP contribution is 2.33. The van der Waals surface area contributed by atoms with Crippen molar-refractivity contribution in [3.05, 3.63) is 35.9 Å². The SMILES string of the molecule is CC(NCc1cccc2c1OCCO2)c1ncn[nH]1. The van der Waals surface area contributed by atoms with Crippen LogP contribution in [0.5, 0.6) is 11.5 Å². The second kappa shape index (κ2) is 5.27. The lowest BCUT2D eigenvalue weighted by Crippen LogP contribution is -2.21. The number of para-hydroxylation sites is 1. The molecule has 6 nitrogen and oxygen atoms in total. The molecule has 0 saturated carbocycles. The van der Waals surface area contributed by atoms with Crippen LogP contribution in [0.4, 0.5) is 0 Å². The Morgan fingerprint density at radius 3 is 3.11 bits per heavy atom. The van der Waals surface area contributed by atoms with E-state index in [-0.39, 0.29) is 6.04 Å². The van der Waals surface area contributed by atoms with E-state index in [1.165, 1.54) is 6.33 Å². The fraction of sp³-hybridized carbons (Fsp3) is 0.385. The van der Waals surface area contributed by atoms with Gasteiger partial charge in [0.15, 0.2) is 11.5 Å². The van der Waals surface area contributed by atoms with Crippen LogP contribution in [0.15, 0.2) is 24.5 Å². The largest absolute Gasteiger partial charge is 0.486 e. The van der Waals surface area contributed by atoms with Crippen molar-refractivity contribution in [3.63, 3.8) is 0 Å².